The van der Waals surface area contributed by atoms with Crippen molar-refractivity contribution in [3.63, 3.8) is 0 Å². The summed E-state index contributed by atoms with van der Waals surface area (Å²) in [7, 11) is 0. The highest BCUT2D eigenvalue weighted by molar-refractivity contribution is 9.10. The second-order valence-electron chi connectivity index (χ2n) is 4.77. The molecule has 1 aromatic carbocycles. The summed E-state index contributed by atoms with van der Waals surface area (Å²) in [5.41, 5.74) is 1.10. The number of hydrogen-bond acceptors (Lipinski definition) is 1. The van der Waals surface area contributed by atoms with Crippen LogP contribution < -0.4 is 5.32 Å². The molecule has 1 rings (SSSR count). The summed E-state index contributed by atoms with van der Waals surface area (Å²) in [6.45, 7) is 7.46. The van der Waals surface area contributed by atoms with Crippen molar-refractivity contribution in [2.24, 2.45) is 5.92 Å². The van der Waals surface area contributed by atoms with Crippen molar-refractivity contribution < 1.29 is 4.39 Å². The average Bonchev–Trinajstić information content (AvgIpc) is 2.27. The van der Waals surface area contributed by atoms with Crippen LogP contribution in [-0.2, 0) is 6.54 Å². The third kappa shape index (κ3) is 5.17. The zero-order valence-corrected chi connectivity index (χ0v) is 12.3. The molecule has 0 aliphatic heterocycles. The molecule has 0 fully saturated rings. The number of hydrogen-bond donors (Lipinski definition) is 1. The molecule has 3 heteroatoms. The van der Waals surface area contributed by atoms with Gasteiger partial charge in [-0.2, -0.15) is 0 Å². The van der Waals surface area contributed by atoms with Crippen LogP contribution in [0.25, 0.3) is 0 Å². The van der Waals surface area contributed by atoms with Gasteiger partial charge >= 0.3 is 0 Å². The Kier molecular flexibility index (Phi) is 6.14. The van der Waals surface area contributed by atoms with E-state index in [4.69, 9.17) is 0 Å². The summed E-state index contributed by atoms with van der Waals surface area (Å²) in [4.78, 5) is 0. The van der Waals surface area contributed by atoms with Gasteiger partial charge in [0.1, 0.15) is 5.82 Å². The van der Waals surface area contributed by atoms with Crippen molar-refractivity contribution in [1.82, 2.24) is 5.32 Å². The molecular formula is C14H21BrFN. The Morgan fingerprint density at radius 2 is 2.06 bits per heavy atom. The van der Waals surface area contributed by atoms with E-state index in [0.29, 0.717) is 6.04 Å². The van der Waals surface area contributed by atoms with Gasteiger partial charge in [-0.3, -0.25) is 0 Å². The number of halogens is 2. The van der Waals surface area contributed by atoms with Crippen molar-refractivity contribution in [3.05, 3.63) is 34.1 Å². The Morgan fingerprint density at radius 3 is 2.65 bits per heavy atom. The number of nitrogens with one attached hydrogen (secondary N) is 1. The maximum atomic E-state index is 12.9. The Morgan fingerprint density at radius 1 is 1.35 bits per heavy atom. The average molecular weight is 302 g/mol. The quantitative estimate of drug-likeness (QED) is 0.815. The fourth-order valence-corrected chi connectivity index (χ4v) is 2.29. The molecule has 0 bridgehead atoms. The van der Waals surface area contributed by atoms with Crippen LogP contribution in [0.4, 0.5) is 4.39 Å². The van der Waals surface area contributed by atoms with E-state index in [1.54, 1.807) is 0 Å². The van der Waals surface area contributed by atoms with Crippen LogP contribution in [-0.4, -0.2) is 6.04 Å². The van der Waals surface area contributed by atoms with E-state index >= 15 is 0 Å². The van der Waals surface area contributed by atoms with E-state index in [-0.39, 0.29) is 5.82 Å². The molecule has 0 aromatic heterocycles. The fraction of sp³-hybridized carbons (Fsp3) is 0.571. The van der Waals surface area contributed by atoms with Gasteiger partial charge in [-0.15, -0.1) is 0 Å². The lowest BCUT2D eigenvalue weighted by Crippen LogP contribution is -2.27. The number of rotatable bonds is 6. The smallest absolute Gasteiger partial charge is 0.124 e. The van der Waals surface area contributed by atoms with Gasteiger partial charge in [0.15, 0.2) is 0 Å². The van der Waals surface area contributed by atoms with Crippen molar-refractivity contribution in [2.75, 3.05) is 0 Å². The molecule has 2 atom stereocenters. The first-order valence-electron chi connectivity index (χ1n) is 6.20. The first kappa shape index (κ1) is 14.7. The lowest BCUT2D eigenvalue weighted by Gasteiger charge is -2.18. The minimum Gasteiger partial charge on any atom is -0.310 e. The van der Waals surface area contributed by atoms with Gasteiger partial charge in [-0.1, -0.05) is 42.3 Å². The first-order valence-corrected chi connectivity index (χ1v) is 6.99. The van der Waals surface area contributed by atoms with E-state index in [0.717, 1.165) is 22.5 Å². The van der Waals surface area contributed by atoms with Crippen molar-refractivity contribution in [3.8, 4) is 0 Å². The largest absolute Gasteiger partial charge is 0.310 e. The van der Waals surface area contributed by atoms with Gasteiger partial charge in [-0.25, -0.2) is 4.39 Å². The monoisotopic (exact) mass is 301 g/mol. The molecular weight excluding hydrogens is 281 g/mol. The normalized spacial score (nSPS) is 14.6. The molecule has 0 radical (unpaired) electrons. The second kappa shape index (κ2) is 7.12. The first-order chi connectivity index (χ1) is 8.02. The second-order valence-corrected chi connectivity index (χ2v) is 5.62. The van der Waals surface area contributed by atoms with Gasteiger partial charge in [0.2, 0.25) is 0 Å². The summed E-state index contributed by atoms with van der Waals surface area (Å²) in [5, 5.41) is 3.47. The predicted molar refractivity (Wildman–Crippen MR) is 74.5 cm³/mol. The molecule has 0 saturated carbocycles. The van der Waals surface area contributed by atoms with Crippen molar-refractivity contribution >= 4 is 15.9 Å². The van der Waals surface area contributed by atoms with Crippen LogP contribution in [0.15, 0.2) is 22.7 Å². The Labute approximate surface area is 112 Å². The zero-order chi connectivity index (χ0) is 12.8. The summed E-state index contributed by atoms with van der Waals surface area (Å²) in [6, 6.07) is 5.32. The SMILES string of the molecule is CCC(C)CC(C)NCc1ccc(F)cc1Br. The molecule has 1 N–H and O–H groups in total. The van der Waals surface area contributed by atoms with Gasteiger partial charge in [0.25, 0.3) is 0 Å². The highest BCUT2D eigenvalue weighted by Gasteiger charge is 2.08. The molecule has 0 saturated heterocycles. The molecule has 1 aromatic rings. The zero-order valence-electron chi connectivity index (χ0n) is 10.8. The highest BCUT2D eigenvalue weighted by Crippen LogP contribution is 2.18. The third-order valence-electron chi connectivity index (χ3n) is 3.11. The molecule has 0 aliphatic rings. The predicted octanol–water partition coefficient (Wildman–Crippen LogP) is 4.50. The third-order valence-corrected chi connectivity index (χ3v) is 3.85. The van der Waals surface area contributed by atoms with Gasteiger partial charge in [0.05, 0.1) is 0 Å². The minimum atomic E-state index is -0.201. The lowest BCUT2D eigenvalue weighted by molar-refractivity contribution is 0.412. The van der Waals surface area contributed by atoms with Gasteiger partial charge in [0, 0.05) is 17.1 Å². The molecule has 0 amide bonds. The van der Waals surface area contributed by atoms with Gasteiger partial charge < -0.3 is 5.32 Å². The Bertz CT molecular complexity index is 354. The van der Waals surface area contributed by atoms with Crippen LogP contribution in [0.1, 0.15) is 39.2 Å². The maximum Gasteiger partial charge on any atom is 0.124 e. The molecule has 0 aliphatic carbocycles. The van der Waals surface area contributed by atoms with Crippen molar-refractivity contribution in [2.45, 2.75) is 46.2 Å². The fourth-order valence-electron chi connectivity index (χ4n) is 1.80. The van der Waals surface area contributed by atoms with Crippen LogP contribution in [0.3, 0.4) is 0 Å². The van der Waals surface area contributed by atoms with Crippen molar-refractivity contribution in [1.29, 1.82) is 0 Å². The number of benzene rings is 1. The molecule has 0 heterocycles. The molecule has 17 heavy (non-hydrogen) atoms. The summed E-state index contributed by atoms with van der Waals surface area (Å²) >= 11 is 3.38. The van der Waals surface area contributed by atoms with Gasteiger partial charge in [-0.05, 0) is 37.0 Å². The van der Waals surface area contributed by atoms with Crippen LogP contribution in [0, 0.1) is 11.7 Å². The minimum absolute atomic E-state index is 0.201. The van der Waals surface area contributed by atoms with E-state index < -0.39 is 0 Å². The Balaban J connectivity index is 2.44. The molecule has 0 spiro atoms. The highest BCUT2D eigenvalue weighted by atomic mass is 79.9. The molecule has 1 nitrogen and oxygen atoms in total. The maximum absolute atomic E-state index is 12.9. The van der Waals surface area contributed by atoms with E-state index in [2.05, 4.69) is 42.0 Å². The summed E-state index contributed by atoms with van der Waals surface area (Å²) < 4.78 is 13.7. The van der Waals surface area contributed by atoms with Crippen LogP contribution >= 0.6 is 15.9 Å². The molecule has 96 valence electrons. The van der Waals surface area contributed by atoms with E-state index in [9.17, 15) is 4.39 Å². The standard InChI is InChI=1S/C14H21BrFN/c1-4-10(2)7-11(3)17-9-12-5-6-13(16)8-14(12)15/h5-6,8,10-11,17H,4,7,9H2,1-3H3. The summed E-state index contributed by atoms with van der Waals surface area (Å²) in [5.74, 6) is 0.544. The van der Waals surface area contributed by atoms with E-state index in [1.807, 2.05) is 6.07 Å². The van der Waals surface area contributed by atoms with E-state index in [1.165, 1.54) is 25.0 Å². The molecule has 2 unspecified atom stereocenters. The Hall–Kier alpha value is -0.410. The topological polar surface area (TPSA) is 12.0 Å². The van der Waals surface area contributed by atoms with Crippen LogP contribution in [0.5, 0.6) is 0 Å². The van der Waals surface area contributed by atoms with Crippen LogP contribution in [0.2, 0.25) is 0 Å². The summed E-state index contributed by atoms with van der Waals surface area (Å²) in [6.07, 6.45) is 2.39. The lowest BCUT2D eigenvalue weighted by atomic mass is 10.0.